The molecule has 2 aromatic rings. The minimum atomic E-state index is 0.00510. The highest BCUT2D eigenvalue weighted by atomic mass is 16.2. The molecular weight excluding hydrogens is 298 g/mol. The van der Waals surface area contributed by atoms with Crippen molar-refractivity contribution < 1.29 is 4.79 Å². The van der Waals surface area contributed by atoms with E-state index in [4.69, 9.17) is 0 Å². The van der Waals surface area contributed by atoms with Gasteiger partial charge in [-0.3, -0.25) is 0 Å². The molecule has 1 aliphatic rings. The van der Waals surface area contributed by atoms with Gasteiger partial charge in [-0.25, -0.2) is 4.79 Å². The molecule has 1 atom stereocenters. The molecule has 0 fully saturated rings. The molecule has 4 heteroatoms. The number of hydrogen-bond donors (Lipinski definition) is 1. The van der Waals surface area contributed by atoms with Crippen molar-refractivity contribution in [3.05, 3.63) is 52.8 Å². The zero-order valence-corrected chi connectivity index (χ0v) is 15.1. The van der Waals surface area contributed by atoms with Gasteiger partial charge in [0, 0.05) is 30.2 Å². The molecule has 4 nitrogen and oxygen atoms in total. The average Bonchev–Trinajstić information content (AvgIpc) is 2.92. The Morgan fingerprint density at radius 2 is 1.96 bits per heavy atom. The van der Waals surface area contributed by atoms with Crippen LogP contribution in [0.4, 0.5) is 10.5 Å². The zero-order chi connectivity index (χ0) is 17.3. The molecule has 0 radical (unpaired) electrons. The number of nitrogens with one attached hydrogen (secondary N) is 1. The van der Waals surface area contributed by atoms with Gasteiger partial charge in [-0.1, -0.05) is 31.0 Å². The second-order valence-corrected chi connectivity index (χ2v) is 6.80. The number of aromatic nitrogens is 1. The van der Waals surface area contributed by atoms with Crippen LogP contribution < -0.4 is 5.32 Å². The summed E-state index contributed by atoms with van der Waals surface area (Å²) in [5, 5.41) is 3.11. The maximum absolute atomic E-state index is 12.9. The van der Waals surface area contributed by atoms with Gasteiger partial charge in [0.2, 0.25) is 0 Å². The summed E-state index contributed by atoms with van der Waals surface area (Å²) in [5.41, 5.74) is 5.75. The number of urea groups is 1. The van der Waals surface area contributed by atoms with E-state index in [1.807, 2.05) is 24.0 Å². The van der Waals surface area contributed by atoms with Gasteiger partial charge >= 0.3 is 6.03 Å². The van der Waals surface area contributed by atoms with Gasteiger partial charge in [0.15, 0.2) is 0 Å². The number of aryl methyl sites for hydroxylation is 3. The standard InChI is InChI=1S/C20H27N3O/c1-5-6-18-19-10-8-16(4)22(19)11-12-23(18)20(24)21-17-9-7-14(2)13-15(17)3/h7-10,13,18H,5-6,11-12H2,1-4H3,(H,21,24)/t18-/m0/s1. The minimum absolute atomic E-state index is 0.00510. The van der Waals surface area contributed by atoms with Crippen molar-refractivity contribution in [1.82, 2.24) is 9.47 Å². The molecule has 3 rings (SSSR count). The first-order valence-corrected chi connectivity index (χ1v) is 8.82. The van der Waals surface area contributed by atoms with E-state index in [1.165, 1.54) is 17.0 Å². The molecule has 128 valence electrons. The van der Waals surface area contributed by atoms with E-state index in [-0.39, 0.29) is 12.1 Å². The molecule has 0 spiro atoms. The number of carbonyl (C=O) groups is 1. The first-order chi connectivity index (χ1) is 11.5. The maximum atomic E-state index is 12.9. The van der Waals surface area contributed by atoms with Crippen molar-refractivity contribution in [2.45, 2.75) is 53.1 Å². The maximum Gasteiger partial charge on any atom is 0.322 e. The van der Waals surface area contributed by atoms with Crippen LogP contribution >= 0.6 is 0 Å². The van der Waals surface area contributed by atoms with Crippen LogP contribution in [0.1, 0.15) is 48.3 Å². The molecule has 1 aromatic heterocycles. The van der Waals surface area contributed by atoms with Crippen molar-refractivity contribution in [3.8, 4) is 0 Å². The fourth-order valence-electron chi connectivity index (χ4n) is 3.67. The van der Waals surface area contributed by atoms with E-state index in [9.17, 15) is 4.79 Å². The first-order valence-electron chi connectivity index (χ1n) is 8.82. The molecule has 0 unspecified atom stereocenters. The number of amides is 2. The number of carbonyl (C=O) groups excluding carboxylic acids is 1. The molecular formula is C20H27N3O. The highest BCUT2D eigenvalue weighted by Gasteiger charge is 2.31. The fraction of sp³-hybridized carbons (Fsp3) is 0.450. The van der Waals surface area contributed by atoms with E-state index in [1.54, 1.807) is 0 Å². The van der Waals surface area contributed by atoms with Crippen molar-refractivity contribution in [3.63, 3.8) is 0 Å². The van der Waals surface area contributed by atoms with Gasteiger partial charge in [-0.05, 0) is 51.0 Å². The van der Waals surface area contributed by atoms with Crippen LogP contribution in [-0.4, -0.2) is 22.0 Å². The lowest BCUT2D eigenvalue weighted by molar-refractivity contribution is 0.162. The van der Waals surface area contributed by atoms with E-state index in [0.717, 1.165) is 37.2 Å². The van der Waals surface area contributed by atoms with Crippen molar-refractivity contribution in [2.75, 3.05) is 11.9 Å². The second kappa shape index (κ2) is 6.71. The lowest BCUT2D eigenvalue weighted by Gasteiger charge is -2.37. The number of fused-ring (bicyclic) bond motifs is 1. The Morgan fingerprint density at radius 1 is 1.17 bits per heavy atom. The summed E-state index contributed by atoms with van der Waals surface area (Å²) in [6.07, 6.45) is 2.05. The van der Waals surface area contributed by atoms with Crippen LogP contribution in [0.25, 0.3) is 0 Å². The van der Waals surface area contributed by atoms with Gasteiger partial charge in [-0.2, -0.15) is 0 Å². The van der Waals surface area contributed by atoms with E-state index in [2.05, 4.69) is 48.9 Å². The molecule has 2 amide bonds. The van der Waals surface area contributed by atoms with Gasteiger partial charge in [0.05, 0.1) is 6.04 Å². The van der Waals surface area contributed by atoms with Crippen molar-refractivity contribution >= 4 is 11.7 Å². The van der Waals surface area contributed by atoms with Crippen LogP contribution in [0, 0.1) is 20.8 Å². The first kappa shape index (κ1) is 16.6. The number of anilines is 1. The van der Waals surface area contributed by atoms with Crippen LogP contribution in [0.3, 0.4) is 0 Å². The lowest BCUT2D eigenvalue weighted by atomic mass is 10.0. The molecule has 2 heterocycles. The molecule has 1 aromatic carbocycles. The van der Waals surface area contributed by atoms with E-state index in [0.29, 0.717) is 0 Å². The number of nitrogens with zero attached hydrogens (tertiary/aromatic N) is 2. The Kier molecular flexibility index (Phi) is 4.65. The Labute approximate surface area is 144 Å². The summed E-state index contributed by atoms with van der Waals surface area (Å²) in [5.74, 6) is 0. The van der Waals surface area contributed by atoms with Gasteiger partial charge in [0.25, 0.3) is 0 Å². The molecule has 1 N–H and O–H groups in total. The zero-order valence-electron chi connectivity index (χ0n) is 15.1. The van der Waals surface area contributed by atoms with Crippen LogP contribution in [0.5, 0.6) is 0 Å². The van der Waals surface area contributed by atoms with Crippen molar-refractivity contribution in [1.29, 1.82) is 0 Å². The summed E-state index contributed by atoms with van der Waals surface area (Å²) in [7, 11) is 0. The van der Waals surface area contributed by atoms with Crippen molar-refractivity contribution in [2.24, 2.45) is 0 Å². The molecule has 0 aliphatic carbocycles. The normalized spacial score (nSPS) is 16.8. The van der Waals surface area contributed by atoms with Gasteiger partial charge < -0.3 is 14.8 Å². The molecule has 0 saturated heterocycles. The predicted molar refractivity (Wildman–Crippen MR) is 98.5 cm³/mol. The monoisotopic (exact) mass is 325 g/mol. The topological polar surface area (TPSA) is 37.3 Å². The second-order valence-electron chi connectivity index (χ2n) is 6.80. The minimum Gasteiger partial charge on any atom is -0.345 e. The lowest BCUT2D eigenvalue weighted by Crippen LogP contribution is -2.44. The number of benzene rings is 1. The third kappa shape index (κ3) is 3.05. The molecule has 24 heavy (non-hydrogen) atoms. The van der Waals surface area contributed by atoms with Crippen LogP contribution in [-0.2, 0) is 6.54 Å². The highest BCUT2D eigenvalue weighted by molar-refractivity contribution is 5.90. The molecule has 0 bridgehead atoms. The quantitative estimate of drug-likeness (QED) is 0.864. The summed E-state index contributed by atoms with van der Waals surface area (Å²) < 4.78 is 2.35. The largest absolute Gasteiger partial charge is 0.345 e. The average molecular weight is 325 g/mol. The Balaban J connectivity index is 1.83. The predicted octanol–water partition coefficient (Wildman–Crippen LogP) is 4.80. The third-order valence-electron chi connectivity index (χ3n) is 4.96. The Morgan fingerprint density at radius 3 is 2.67 bits per heavy atom. The fourth-order valence-corrected chi connectivity index (χ4v) is 3.67. The van der Waals surface area contributed by atoms with E-state index >= 15 is 0 Å². The molecule has 0 saturated carbocycles. The summed E-state index contributed by atoms with van der Waals surface area (Å²) in [6.45, 7) is 10.0. The smallest absolute Gasteiger partial charge is 0.322 e. The van der Waals surface area contributed by atoms with Gasteiger partial charge in [0.1, 0.15) is 0 Å². The Hall–Kier alpha value is -2.23. The summed E-state index contributed by atoms with van der Waals surface area (Å²) in [6, 6.07) is 10.6. The van der Waals surface area contributed by atoms with Gasteiger partial charge in [-0.15, -0.1) is 0 Å². The van der Waals surface area contributed by atoms with Crippen LogP contribution in [0.15, 0.2) is 30.3 Å². The summed E-state index contributed by atoms with van der Waals surface area (Å²) in [4.78, 5) is 14.9. The SMILES string of the molecule is CCC[C@H]1c2ccc(C)n2CCN1C(=O)Nc1ccc(C)cc1C. The number of hydrogen-bond acceptors (Lipinski definition) is 1. The van der Waals surface area contributed by atoms with E-state index < -0.39 is 0 Å². The van der Waals surface area contributed by atoms with Crippen LogP contribution in [0.2, 0.25) is 0 Å². The third-order valence-corrected chi connectivity index (χ3v) is 4.96. The molecule has 1 aliphatic heterocycles. The Bertz CT molecular complexity index is 747. The summed E-state index contributed by atoms with van der Waals surface area (Å²) >= 11 is 0. The number of rotatable bonds is 3. The highest BCUT2D eigenvalue weighted by Crippen LogP contribution is 2.32.